The molecule has 1 aromatic heterocycles. The molecule has 1 aliphatic rings. The Bertz CT molecular complexity index is 741. The van der Waals surface area contributed by atoms with E-state index in [0.717, 1.165) is 11.3 Å². The Hall–Kier alpha value is -2.27. The molecule has 2 aromatic rings. The third-order valence-electron chi connectivity index (χ3n) is 4.03. The SMILES string of the molecule is Cc1ccoc1CNC(=O)C1CCN(c2cccc(Cl)c2)C1=O. The van der Waals surface area contributed by atoms with Crippen LogP contribution in [0.3, 0.4) is 0 Å². The van der Waals surface area contributed by atoms with Gasteiger partial charge in [0, 0.05) is 17.3 Å². The van der Waals surface area contributed by atoms with E-state index >= 15 is 0 Å². The number of furan rings is 1. The molecule has 120 valence electrons. The van der Waals surface area contributed by atoms with Gasteiger partial charge in [0.1, 0.15) is 11.7 Å². The second-order valence-corrected chi connectivity index (χ2v) is 5.99. The zero-order chi connectivity index (χ0) is 16.4. The van der Waals surface area contributed by atoms with E-state index in [9.17, 15) is 9.59 Å². The molecular formula is C17H17ClN2O3. The maximum absolute atomic E-state index is 12.5. The van der Waals surface area contributed by atoms with E-state index in [2.05, 4.69) is 5.32 Å². The van der Waals surface area contributed by atoms with E-state index < -0.39 is 5.92 Å². The number of hydrogen-bond donors (Lipinski definition) is 1. The first kappa shape index (κ1) is 15.6. The van der Waals surface area contributed by atoms with Crippen molar-refractivity contribution in [3.8, 4) is 0 Å². The van der Waals surface area contributed by atoms with Crippen LogP contribution in [0.25, 0.3) is 0 Å². The summed E-state index contributed by atoms with van der Waals surface area (Å²) in [5, 5.41) is 3.34. The van der Waals surface area contributed by atoms with Gasteiger partial charge in [-0.3, -0.25) is 9.59 Å². The largest absolute Gasteiger partial charge is 0.467 e. The molecule has 0 bridgehead atoms. The Morgan fingerprint density at radius 2 is 2.26 bits per heavy atom. The molecule has 3 rings (SSSR count). The number of rotatable bonds is 4. The summed E-state index contributed by atoms with van der Waals surface area (Å²) in [6.07, 6.45) is 2.08. The highest BCUT2D eigenvalue weighted by Gasteiger charge is 2.37. The molecule has 1 aliphatic heterocycles. The fourth-order valence-corrected chi connectivity index (χ4v) is 2.88. The van der Waals surface area contributed by atoms with Gasteiger partial charge in [0.25, 0.3) is 0 Å². The van der Waals surface area contributed by atoms with Gasteiger partial charge in [-0.05, 0) is 43.2 Å². The number of amides is 2. The molecule has 1 fully saturated rings. The molecule has 0 saturated carbocycles. The Balaban J connectivity index is 1.64. The molecule has 23 heavy (non-hydrogen) atoms. The number of halogens is 1. The molecule has 2 heterocycles. The lowest BCUT2D eigenvalue weighted by Gasteiger charge is -2.17. The fraction of sp³-hybridized carbons (Fsp3) is 0.294. The van der Waals surface area contributed by atoms with Crippen LogP contribution in [0.1, 0.15) is 17.7 Å². The summed E-state index contributed by atoms with van der Waals surface area (Å²) in [4.78, 5) is 26.4. The highest BCUT2D eigenvalue weighted by atomic mass is 35.5. The van der Waals surface area contributed by atoms with Gasteiger partial charge in [0.05, 0.1) is 12.8 Å². The molecule has 0 aliphatic carbocycles. The number of benzene rings is 1. The molecule has 0 radical (unpaired) electrons. The summed E-state index contributed by atoms with van der Waals surface area (Å²) >= 11 is 5.96. The molecule has 5 nitrogen and oxygen atoms in total. The summed E-state index contributed by atoms with van der Waals surface area (Å²) in [6, 6.07) is 8.92. The first-order valence-electron chi connectivity index (χ1n) is 7.44. The Morgan fingerprint density at radius 3 is 2.96 bits per heavy atom. The summed E-state index contributed by atoms with van der Waals surface area (Å²) in [5.41, 5.74) is 1.70. The van der Waals surface area contributed by atoms with Gasteiger partial charge < -0.3 is 14.6 Å². The number of hydrogen-bond acceptors (Lipinski definition) is 3. The van der Waals surface area contributed by atoms with Gasteiger partial charge >= 0.3 is 0 Å². The van der Waals surface area contributed by atoms with Crippen LogP contribution in [0.2, 0.25) is 5.02 Å². The van der Waals surface area contributed by atoms with E-state index in [-0.39, 0.29) is 11.8 Å². The first-order chi connectivity index (χ1) is 11.1. The maximum Gasteiger partial charge on any atom is 0.239 e. The number of anilines is 1. The molecule has 1 aromatic carbocycles. The second kappa shape index (κ2) is 6.46. The van der Waals surface area contributed by atoms with Crippen molar-refractivity contribution in [2.45, 2.75) is 19.9 Å². The number of carbonyl (C=O) groups excluding carboxylic acids is 2. The van der Waals surface area contributed by atoms with Crippen molar-refractivity contribution >= 4 is 29.1 Å². The zero-order valence-electron chi connectivity index (χ0n) is 12.7. The Morgan fingerprint density at radius 1 is 1.43 bits per heavy atom. The van der Waals surface area contributed by atoms with Crippen molar-refractivity contribution in [2.75, 3.05) is 11.4 Å². The molecule has 1 unspecified atom stereocenters. The molecule has 1 saturated heterocycles. The van der Waals surface area contributed by atoms with Crippen molar-refractivity contribution in [1.82, 2.24) is 5.32 Å². The van der Waals surface area contributed by atoms with E-state index in [1.807, 2.05) is 19.1 Å². The van der Waals surface area contributed by atoms with Crippen LogP contribution in [0.5, 0.6) is 0 Å². The molecule has 1 atom stereocenters. The summed E-state index contributed by atoms with van der Waals surface area (Å²) in [6.45, 7) is 2.71. The summed E-state index contributed by atoms with van der Waals surface area (Å²) in [5.74, 6) is -0.420. The van der Waals surface area contributed by atoms with Gasteiger partial charge in [-0.25, -0.2) is 0 Å². The van der Waals surface area contributed by atoms with Crippen molar-refractivity contribution in [2.24, 2.45) is 5.92 Å². The summed E-state index contributed by atoms with van der Waals surface area (Å²) < 4.78 is 5.28. The molecule has 0 spiro atoms. The van der Waals surface area contributed by atoms with Gasteiger partial charge in [-0.1, -0.05) is 17.7 Å². The molecule has 1 N–H and O–H groups in total. The van der Waals surface area contributed by atoms with Crippen LogP contribution >= 0.6 is 11.6 Å². The minimum atomic E-state index is -0.663. The standard InChI is InChI=1S/C17H17ClN2O3/c1-11-6-8-23-15(11)10-19-16(21)14-5-7-20(17(14)22)13-4-2-3-12(18)9-13/h2-4,6,8-9,14H,5,7,10H2,1H3,(H,19,21). The van der Waals surface area contributed by atoms with E-state index in [1.165, 1.54) is 0 Å². The van der Waals surface area contributed by atoms with Crippen LogP contribution < -0.4 is 10.2 Å². The maximum atomic E-state index is 12.5. The fourth-order valence-electron chi connectivity index (χ4n) is 2.70. The Labute approximate surface area is 139 Å². The average Bonchev–Trinajstić information content (AvgIpc) is 3.11. The van der Waals surface area contributed by atoms with Crippen LogP contribution in [0.15, 0.2) is 41.0 Å². The van der Waals surface area contributed by atoms with E-state index in [4.69, 9.17) is 16.0 Å². The topological polar surface area (TPSA) is 62.6 Å². The zero-order valence-corrected chi connectivity index (χ0v) is 13.5. The highest BCUT2D eigenvalue weighted by Crippen LogP contribution is 2.27. The normalized spacial score (nSPS) is 17.6. The van der Waals surface area contributed by atoms with Crippen molar-refractivity contribution in [3.05, 3.63) is 52.9 Å². The van der Waals surface area contributed by atoms with Crippen molar-refractivity contribution in [1.29, 1.82) is 0 Å². The predicted octanol–water partition coefficient (Wildman–Crippen LogP) is 2.91. The lowest BCUT2D eigenvalue weighted by molar-refractivity contribution is -0.132. The highest BCUT2D eigenvalue weighted by molar-refractivity contribution is 6.31. The van der Waals surface area contributed by atoms with E-state index in [0.29, 0.717) is 30.3 Å². The predicted molar refractivity (Wildman–Crippen MR) is 87.2 cm³/mol. The first-order valence-corrected chi connectivity index (χ1v) is 7.81. The second-order valence-electron chi connectivity index (χ2n) is 5.56. The Kier molecular flexibility index (Phi) is 4.39. The lowest BCUT2D eigenvalue weighted by Crippen LogP contribution is -2.36. The molecular weight excluding hydrogens is 316 g/mol. The smallest absolute Gasteiger partial charge is 0.239 e. The molecule has 6 heteroatoms. The van der Waals surface area contributed by atoms with Gasteiger partial charge in [-0.2, -0.15) is 0 Å². The van der Waals surface area contributed by atoms with Crippen LogP contribution in [0, 0.1) is 12.8 Å². The number of carbonyl (C=O) groups is 2. The number of aryl methyl sites for hydroxylation is 1. The minimum absolute atomic E-state index is 0.194. The van der Waals surface area contributed by atoms with Crippen LogP contribution in [-0.4, -0.2) is 18.4 Å². The van der Waals surface area contributed by atoms with Crippen LogP contribution in [0.4, 0.5) is 5.69 Å². The van der Waals surface area contributed by atoms with Crippen molar-refractivity contribution in [3.63, 3.8) is 0 Å². The monoisotopic (exact) mass is 332 g/mol. The quantitative estimate of drug-likeness (QED) is 0.876. The van der Waals surface area contributed by atoms with E-state index in [1.54, 1.807) is 29.4 Å². The van der Waals surface area contributed by atoms with Gasteiger partial charge in [0.15, 0.2) is 0 Å². The third kappa shape index (κ3) is 3.24. The van der Waals surface area contributed by atoms with Gasteiger partial charge in [-0.15, -0.1) is 0 Å². The number of nitrogens with one attached hydrogen (secondary N) is 1. The van der Waals surface area contributed by atoms with Crippen molar-refractivity contribution < 1.29 is 14.0 Å². The van der Waals surface area contributed by atoms with Gasteiger partial charge in [0.2, 0.25) is 11.8 Å². The van der Waals surface area contributed by atoms with Crippen LogP contribution in [-0.2, 0) is 16.1 Å². The molecule has 2 amide bonds. The third-order valence-corrected chi connectivity index (χ3v) is 4.27. The lowest BCUT2D eigenvalue weighted by atomic mass is 10.1. The number of nitrogens with zero attached hydrogens (tertiary/aromatic N) is 1. The average molecular weight is 333 g/mol. The minimum Gasteiger partial charge on any atom is -0.467 e. The summed E-state index contributed by atoms with van der Waals surface area (Å²) in [7, 11) is 0.